The number of rotatable bonds is 6. The standard InChI is InChI=1S/C22H27NO5/c1-5-15-21(22(25)28-6-2)19(20-16(23-15)8-7-9-17(20)24)14-11-10-13(26-3)12-18(14)27-4/h10-12,19,23H,5-9H2,1-4H3/t19-/m0/s1. The number of ether oxygens (including phenoxy) is 3. The second-order valence-corrected chi connectivity index (χ2v) is 6.80. The Morgan fingerprint density at radius 3 is 2.61 bits per heavy atom. The summed E-state index contributed by atoms with van der Waals surface area (Å²) < 4.78 is 16.3. The smallest absolute Gasteiger partial charge is 0.336 e. The van der Waals surface area contributed by atoms with Crippen molar-refractivity contribution in [3.8, 4) is 11.5 Å². The van der Waals surface area contributed by atoms with Gasteiger partial charge in [-0.05, 0) is 32.3 Å². The van der Waals surface area contributed by atoms with Crippen molar-refractivity contribution in [2.45, 2.75) is 45.4 Å². The summed E-state index contributed by atoms with van der Waals surface area (Å²) in [6.45, 7) is 4.03. The largest absolute Gasteiger partial charge is 0.497 e. The number of carbonyl (C=O) groups is 2. The number of hydrogen-bond donors (Lipinski definition) is 1. The fourth-order valence-electron chi connectivity index (χ4n) is 3.99. The van der Waals surface area contributed by atoms with Crippen LogP contribution in [0, 0.1) is 0 Å². The summed E-state index contributed by atoms with van der Waals surface area (Å²) in [5, 5.41) is 3.36. The van der Waals surface area contributed by atoms with E-state index in [0.717, 1.165) is 29.8 Å². The van der Waals surface area contributed by atoms with E-state index in [1.807, 2.05) is 19.1 Å². The van der Waals surface area contributed by atoms with Gasteiger partial charge in [0.15, 0.2) is 5.78 Å². The lowest BCUT2D eigenvalue weighted by molar-refractivity contribution is -0.138. The minimum Gasteiger partial charge on any atom is -0.497 e. The number of allylic oxidation sites excluding steroid dienone is 3. The van der Waals surface area contributed by atoms with Crippen molar-refractivity contribution in [3.05, 3.63) is 46.3 Å². The molecule has 0 radical (unpaired) electrons. The third-order valence-corrected chi connectivity index (χ3v) is 5.26. The molecule has 0 unspecified atom stereocenters. The van der Waals surface area contributed by atoms with Gasteiger partial charge < -0.3 is 19.5 Å². The highest BCUT2D eigenvalue weighted by Gasteiger charge is 2.40. The number of carbonyl (C=O) groups excluding carboxylic acids is 2. The van der Waals surface area contributed by atoms with Gasteiger partial charge in [0.2, 0.25) is 0 Å². The van der Waals surface area contributed by atoms with Crippen LogP contribution in [0.15, 0.2) is 40.7 Å². The molecule has 150 valence electrons. The Morgan fingerprint density at radius 1 is 1.18 bits per heavy atom. The maximum Gasteiger partial charge on any atom is 0.336 e. The van der Waals surface area contributed by atoms with Crippen molar-refractivity contribution < 1.29 is 23.8 Å². The second-order valence-electron chi connectivity index (χ2n) is 6.80. The van der Waals surface area contributed by atoms with Crippen LogP contribution in [0.1, 0.15) is 51.0 Å². The molecular formula is C22H27NO5. The number of ketones is 1. The molecule has 0 aromatic heterocycles. The molecule has 6 heteroatoms. The molecule has 0 amide bonds. The second kappa shape index (κ2) is 8.50. The van der Waals surface area contributed by atoms with Gasteiger partial charge in [-0.3, -0.25) is 4.79 Å². The van der Waals surface area contributed by atoms with Crippen LogP contribution in [0.4, 0.5) is 0 Å². The zero-order chi connectivity index (χ0) is 20.3. The van der Waals surface area contributed by atoms with Crippen LogP contribution in [-0.4, -0.2) is 32.6 Å². The van der Waals surface area contributed by atoms with E-state index in [0.29, 0.717) is 35.5 Å². The van der Waals surface area contributed by atoms with E-state index in [1.165, 1.54) is 0 Å². The molecule has 0 bridgehead atoms. The maximum atomic E-state index is 12.9. The summed E-state index contributed by atoms with van der Waals surface area (Å²) in [7, 11) is 3.16. The van der Waals surface area contributed by atoms with Gasteiger partial charge in [-0.15, -0.1) is 0 Å². The number of hydrogen-bond acceptors (Lipinski definition) is 6. The average Bonchev–Trinajstić information content (AvgIpc) is 2.72. The Bertz CT molecular complexity index is 852. The van der Waals surface area contributed by atoms with Crippen LogP contribution in [0.5, 0.6) is 11.5 Å². The van der Waals surface area contributed by atoms with Gasteiger partial charge in [-0.25, -0.2) is 4.79 Å². The third-order valence-electron chi connectivity index (χ3n) is 5.26. The third kappa shape index (κ3) is 3.51. The summed E-state index contributed by atoms with van der Waals surface area (Å²) in [6, 6.07) is 5.47. The Labute approximate surface area is 165 Å². The minimum absolute atomic E-state index is 0.0635. The van der Waals surface area contributed by atoms with Crippen LogP contribution in [0.25, 0.3) is 0 Å². The summed E-state index contributed by atoms with van der Waals surface area (Å²) in [5.41, 5.74) is 3.61. The topological polar surface area (TPSA) is 73.9 Å². The summed E-state index contributed by atoms with van der Waals surface area (Å²) in [4.78, 5) is 25.9. The number of esters is 1. The molecule has 0 fully saturated rings. The molecule has 0 spiro atoms. The minimum atomic E-state index is -0.515. The SMILES string of the molecule is CCOC(=O)C1=C(CC)NC2=C(C(=O)CCC2)[C@@H]1c1ccc(OC)cc1OC. The van der Waals surface area contributed by atoms with Crippen molar-refractivity contribution >= 4 is 11.8 Å². The van der Waals surface area contributed by atoms with Crippen LogP contribution in [-0.2, 0) is 14.3 Å². The fourth-order valence-corrected chi connectivity index (χ4v) is 3.99. The van der Waals surface area contributed by atoms with E-state index in [9.17, 15) is 9.59 Å². The van der Waals surface area contributed by atoms with Crippen LogP contribution < -0.4 is 14.8 Å². The van der Waals surface area contributed by atoms with E-state index in [-0.39, 0.29) is 12.4 Å². The normalized spacial score (nSPS) is 19.1. The maximum absolute atomic E-state index is 12.9. The molecule has 6 nitrogen and oxygen atoms in total. The molecule has 1 aliphatic carbocycles. The van der Waals surface area contributed by atoms with Gasteiger partial charge in [-0.1, -0.05) is 13.0 Å². The van der Waals surface area contributed by atoms with Crippen molar-refractivity contribution in [2.24, 2.45) is 0 Å². The number of methoxy groups -OCH3 is 2. The highest BCUT2D eigenvalue weighted by molar-refractivity contribution is 6.04. The first kappa shape index (κ1) is 20.0. The first-order valence-electron chi connectivity index (χ1n) is 9.70. The molecule has 1 aliphatic heterocycles. The van der Waals surface area contributed by atoms with E-state index < -0.39 is 11.9 Å². The van der Waals surface area contributed by atoms with E-state index in [2.05, 4.69) is 5.32 Å². The first-order valence-corrected chi connectivity index (χ1v) is 9.70. The van der Waals surface area contributed by atoms with Gasteiger partial charge in [0, 0.05) is 35.0 Å². The fraction of sp³-hybridized carbons (Fsp3) is 0.455. The first-order chi connectivity index (χ1) is 13.5. The van der Waals surface area contributed by atoms with Crippen LogP contribution in [0.3, 0.4) is 0 Å². The molecule has 0 saturated carbocycles. The lowest BCUT2D eigenvalue weighted by atomic mass is 9.74. The molecule has 28 heavy (non-hydrogen) atoms. The Hall–Kier alpha value is -2.76. The predicted molar refractivity (Wildman–Crippen MR) is 105 cm³/mol. The zero-order valence-corrected chi connectivity index (χ0v) is 16.9. The lowest BCUT2D eigenvalue weighted by Crippen LogP contribution is -2.35. The predicted octanol–water partition coefficient (Wildman–Crippen LogP) is 3.62. The Kier molecular flexibility index (Phi) is 6.07. The van der Waals surface area contributed by atoms with Gasteiger partial charge >= 0.3 is 5.97 Å². The van der Waals surface area contributed by atoms with E-state index in [1.54, 1.807) is 27.2 Å². The molecule has 1 heterocycles. The summed E-state index contributed by atoms with van der Waals surface area (Å²) >= 11 is 0. The van der Waals surface area contributed by atoms with Crippen LogP contribution in [0.2, 0.25) is 0 Å². The summed E-state index contributed by atoms with van der Waals surface area (Å²) in [6.07, 6.45) is 2.71. The zero-order valence-electron chi connectivity index (χ0n) is 16.9. The Morgan fingerprint density at radius 2 is 1.96 bits per heavy atom. The molecular weight excluding hydrogens is 358 g/mol. The molecule has 3 rings (SSSR count). The number of benzene rings is 1. The molecule has 1 atom stereocenters. The van der Waals surface area contributed by atoms with Gasteiger partial charge in [0.25, 0.3) is 0 Å². The highest BCUT2D eigenvalue weighted by atomic mass is 16.5. The van der Waals surface area contributed by atoms with Gasteiger partial charge in [0.1, 0.15) is 11.5 Å². The molecule has 2 aliphatic rings. The monoisotopic (exact) mass is 385 g/mol. The van der Waals surface area contributed by atoms with Crippen molar-refractivity contribution in [2.75, 3.05) is 20.8 Å². The number of dihydropyridines is 1. The van der Waals surface area contributed by atoms with Crippen molar-refractivity contribution in [3.63, 3.8) is 0 Å². The van der Waals surface area contributed by atoms with E-state index >= 15 is 0 Å². The van der Waals surface area contributed by atoms with E-state index in [4.69, 9.17) is 14.2 Å². The number of nitrogens with one attached hydrogen (secondary N) is 1. The molecule has 1 aromatic rings. The van der Waals surface area contributed by atoms with Gasteiger partial charge in [-0.2, -0.15) is 0 Å². The van der Waals surface area contributed by atoms with Gasteiger partial charge in [0.05, 0.1) is 32.3 Å². The number of Topliss-reactive ketones (excluding diaryl/α,β-unsaturated/α-hetero) is 1. The quantitative estimate of drug-likeness (QED) is 0.754. The van der Waals surface area contributed by atoms with Crippen LogP contribution >= 0.6 is 0 Å². The summed E-state index contributed by atoms with van der Waals surface area (Å²) in [5.74, 6) is 0.372. The van der Waals surface area contributed by atoms with Crippen molar-refractivity contribution in [1.82, 2.24) is 5.32 Å². The lowest BCUT2D eigenvalue weighted by Gasteiger charge is -2.35. The Balaban J connectivity index is 2.24. The molecule has 1 N–H and O–H groups in total. The molecule has 1 aromatic carbocycles. The van der Waals surface area contributed by atoms with Crippen molar-refractivity contribution in [1.29, 1.82) is 0 Å². The molecule has 0 saturated heterocycles. The highest BCUT2D eigenvalue weighted by Crippen LogP contribution is 2.46. The average molecular weight is 385 g/mol.